The Morgan fingerprint density at radius 1 is 1.36 bits per heavy atom. The average Bonchev–Trinajstić information content (AvgIpc) is 3.47. The summed E-state index contributed by atoms with van der Waals surface area (Å²) in [5.41, 5.74) is 0.388. The van der Waals surface area contributed by atoms with Crippen molar-refractivity contribution in [1.82, 2.24) is 19.9 Å². The highest BCUT2D eigenvalue weighted by Crippen LogP contribution is 2.40. The fraction of sp³-hybridized carbons (Fsp3) is 0.556. The fourth-order valence-corrected chi connectivity index (χ4v) is 3.35. The average molecular weight is 342 g/mol. The van der Waals surface area contributed by atoms with Gasteiger partial charge in [-0.05, 0) is 51.5 Å². The fourth-order valence-electron chi connectivity index (χ4n) is 3.35. The van der Waals surface area contributed by atoms with Gasteiger partial charge in [-0.25, -0.2) is 9.78 Å². The Bertz CT molecular complexity index is 967. The SMILES string of the molecule is CCn1c(=O)[nH]c(=O)c2c(C(=O)NC(C)C3CC3)cc(C3CC3)nc21. The molecular formula is C18H22N4O3. The summed E-state index contributed by atoms with van der Waals surface area (Å²) in [6.07, 6.45) is 4.30. The second kappa shape index (κ2) is 5.82. The number of amides is 1. The summed E-state index contributed by atoms with van der Waals surface area (Å²) in [6, 6.07) is 1.81. The summed E-state index contributed by atoms with van der Waals surface area (Å²) in [7, 11) is 0. The molecule has 0 radical (unpaired) electrons. The van der Waals surface area contributed by atoms with Gasteiger partial charge in [0.15, 0.2) is 5.65 Å². The van der Waals surface area contributed by atoms with Gasteiger partial charge in [0.1, 0.15) is 0 Å². The van der Waals surface area contributed by atoms with E-state index in [4.69, 9.17) is 0 Å². The molecule has 7 heteroatoms. The standard InChI is InChI=1S/C18H22N4O3/c1-3-22-15-14(17(24)21-18(22)25)12(8-13(20-15)11-6-7-11)16(23)19-9(2)10-4-5-10/h8-11H,3-7H2,1-2H3,(H,19,23)(H,21,24,25). The Morgan fingerprint density at radius 2 is 2.08 bits per heavy atom. The van der Waals surface area contributed by atoms with Gasteiger partial charge in [-0.2, -0.15) is 0 Å². The molecule has 0 aromatic carbocycles. The van der Waals surface area contributed by atoms with Crippen LogP contribution in [-0.4, -0.2) is 26.5 Å². The van der Waals surface area contributed by atoms with E-state index < -0.39 is 11.2 Å². The molecule has 2 N–H and O–H groups in total. The summed E-state index contributed by atoms with van der Waals surface area (Å²) in [4.78, 5) is 44.3. The number of fused-ring (bicyclic) bond motifs is 1. The number of carbonyl (C=O) groups is 1. The Labute approximate surface area is 144 Å². The van der Waals surface area contributed by atoms with Crippen LogP contribution in [0.1, 0.15) is 61.5 Å². The second-order valence-electron chi connectivity index (χ2n) is 7.17. The zero-order valence-electron chi connectivity index (χ0n) is 14.5. The number of nitrogens with one attached hydrogen (secondary N) is 2. The van der Waals surface area contributed by atoms with Crippen LogP contribution in [-0.2, 0) is 6.54 Å². The van der Waals surface area contributed by atoms with E-state index in [1.54, 1.807) is 6.07 Å². The molecule has 2 saturated carbocycles. The predicted molar refractivity (Wildman–Crippen MR) is 93.9 cm³/mol. The summed E-state index contributed by atoms with van der Waals surface area (Å²) >= 11 is 0. The third-order valence-corrected chi connectivity index (χ3v) is 5.21. The first-order valence-electron chi connectivity index (χ1n) is 8.98. The number of hydrogen-bond acceptors (Lipinski definition) is 4. The molecule has 25 heavy (non-hydrogen) atoms. The lowest BCUT2D eigenvalue weighted by Crippen LogP contribution is -2.36. The van der Waals surface area contributed by atoms with E-state index in [1.165, 1.54) is 4.57 Å². The molecule has 1 unspecified atom stereocenters. The molecule has 2 aliphatic carbocycles. The summed E-state index contributed by atoms with van der Waals surface area (Å²) < 4.78 is 1.42. The van der Waals surface area contributed by atoms with Crippen molar-refractivity contribution < 1.29 is 4.79 Å². The van der Waals surface area contributed by atoms with Gasteiger partial charge < -0.3 is 5.32 Å². The molecule has 0 saturated heterocycles. The van der Waals surface area contributed by atoms with E-state index in [0.29, 0.717) is 29.6 Å². The van der Waals surface area contributed by atoms with Crippen LogP contribution < -0.4 is 16.6 Å². The number of nitrogens with zero attached hydrogens (tertiary/aromatic N) is 2. The molecular weight excluding hydrogens is 320 g/mol. The van der Waals surface area contributed by atoms with E-state index in [0.717, 1.165) is 31.4 Å². The van der Waals surface area contributed by atoms with Gasteiger partial charge in [0, 0.05) is 24.2 Å². The number of H-pyrrole nitrogens is 1. The molecule has 0 bridgehead atoms. The molecule has 1 atom stereocenters. The number of aryl methyl sites for hydroxylation is 1. The van der Waals surface area contributed by atoms with E-state index >= 15 is 0 Å². The van der Waals surface area contributed by atoms with Gasteiger partial charge in [0.25, 0.3) is 11.5 Å². The van der Waals surface area contributed by atoms with Gasteiger partial charge in [-0.3, -0.25) is 19.1 Å². The number of aromatic amines is 1. The molecule has 2 heterocycles. The lowest BCUT2D eigenvalue weighted by Gasteiger charge is -2.15. The monoisotopic (exact) mass is 342 g/mol. The number of carbonyl (C=O) groups excluding carboxylic acids is 1. The zero-order chi connectivity index (χ0) is 17.7. The van der Waals surface area contributed by atoms with Crippen molar-refractivity contribution in [2.75, 3.05) is 0 Å². The number of pyridine rings is 1. The molecule has 2 fully saturated rings. The van der Waals surface area contributed by atoms with Crippen molar-refractivity contribution in [2.45, 2.75) is 58.0 Å². The highest BCUT2D eigenvalue weighted by Gasteiger charge is 2.31. The van der Waals surface area contributed by atoms with E-state index in [2.05, 4.69) is 15.3 Å². The Kier molecular flexibility index (Phi) is 3.74. The minimum absolute atomic E-state index is 0.0799. The maximum atomic E-state index is 12.9. The third kappa shape index (κ3) is 2.88. The Hall–Kier alpha value is -2.44. The first kappa shape index (κ1) is 16.1. The van der Waals surface area contributed by atoms with Crippen LogP contribution in [0.5, 0.6) is 0 Å². The third-order valence-electron chi connectivity index (χ3n) is 5.21. The van der Waals surface area contributed by atoms with Crippen molar-refractivity contribution >= 4 is 16.9 Å². The molecule has 1 amide bonds. The smallest absolute Gasteiger partial charge is 0.329 e. The lowest BCUT2D eigenvalue weighted by atomic mass is 10.1. The maximum absolute atomic E-state index is 12.9. The van der Waals surface area contributed by atoms with Crippen LogP contribution in [0.3, 0.4) is 0 Å². The number of hydrogen-bond donors (Lipinski definition) is 2. The number of aromatic nitrogens is 3. The van der Waals surface area contributed by atoms with Crippen molar-refractivity contribution in [1.29, 1.82) is 0 Å². The van der Waals surface area contributed by atoms with Crippen LogP contribution in [0.25, 0.3) is 11.0 Å². The van der Waals surface area contributed by atoms with Gasteiger partial charge in [0.05, 0.1) is 10.9 Å². The predicted octanol–water partition coefficient (Wildman–Crippen LogP) is 1.51. The minimum Gasteiger partial charge on any atom is -0.349 e. The molecule has 132 valence electrons. The normalized spacial score (nSPS) is 18.3. The summed E-state index contributed by atoms with van der Waals surface area (Å²) in [5, 5.41) is 3.21. The Balaban J connectivity index is 1.90. The molecule has 0 aliphatic heterocycles. The van der Waals surface area contributed by atoms with E-state index in [9.17, 15) is 14.4 Å². The first-order valence-corrected chi connectivity index (χ1v) is 8.98. The van der Waals surface area contributed by atoms with Gasteiger partial charge >= 0.3 is 5.69 Å². The van der Waals surface area contributed by atoms with Crippen molar-refractivity contribution in [2.24, 2.45) is 5.92 Å². The topological polar surface area (TPSA) is 96.9 Å². The van der Waals surface area contributed by atoms with Crippen LogP contribution >= 0.6 is 0 Å². The quantitative estimate of drug-likeness (QED) is 0.861. The highest BCUT2D eigenvalue weighted by molar-refractivity contribution is 6.05. The van der Waals surface area contributed by atoms with Gasteiger partial charge in [-0.1, -0.05) is 0 Å². The molecule has 7 nitrogen and oxygen atoms in total. The highest BCUT2D eigenvalue weighted by atomic mass is 16.2. The molecule has 2 aromatic rings. The minimum atomic E-state index is -0.552. The molecule has 0 spiro atoms. The molecule has 2 aliphatic rings. The van der Waals surface area contributed by atoms with E-state index in [1.807, 2.05) is 13.8 Å². The van der Waals surface area contributed by atoms with Crippen molar-refractivity contribution in [3.05, 3.63) is 38.2 Å². The largest absolute Gasteiger partial charge is 0.349 e. The summed E-state index contributed by atoms with van der Waals surface area (Å²) in [6.45, 7) is 4.19. The number of rotatable bonds is 5. The van der Waals surface area contributed by atoms with Crippen molar-refractivity contribution in [3.8, 4) is 0 Å². The maximum Gasteiger partial charge on any atom is 0.329 e. The Morgan fingerprint density at radius 3 is 2.68 bits per heavy atom. The van der Waals surface area contributed by atoms with Gasteiger partial charge in [0.2, 0.25) is 0 Å². The first-order chi connectivity index (χ1) is 12.0. The van der Waals surface area contributed by atoms with Crippen LogP contribution in [0.2, 0.25) is 0 Å². The molecule has 2 aromatic heterocycles. The lowest BCUT2D eigenvalue weighted by molar-refractivity contribution is 0.0937. The van der Waals surface area contributed by atoms with Gasteiger partial charge in [-0.15, -0.1) is 0 Å². The van der Waals surface area contributed by atoms with Crippen molar-refractivity contribution in [3.63, 3.8) is 0 Å². The molecule has 4 rings (SSSR count). The van der Waals surface area contributed by atoms with Crippen LogP contribution in [0.15, 0.2) is 15.7 Å². The summed E-state index contributed by atoms with van der Waals surface area (Å²) in [5.74, 6) is 0.573. The van der Waals surface area contributed by atoms with Crippen LogP contribution in [0.4, 0.5) is 0 Å². The van der Waals surface area contributed by atoms with E-state index in [-0.39, 0.29) is 17.3 Å². The zero-order valence-corrected chi connectivity index (χ0v) is 14.5. The van der Waals surface area contributed by atoms with Crippen LogP contribution in [0, 0.1) is 5.92 Å². The second-order valence-corrected chi connectivity index (χ2v) is 7.17.